The summed E-state index contributed by atoms with van der Waals surface area (Å²) in [6.45, 7) is 4.52. The molecule has 3 aromatic rings. The second kappa shape index (κ2) is 9.36. The molecule has 1 aliphatic rings. The summed E-state index contributed by atoms with van der Waals surface area (Å²) in [5.41, 5.74) is 1.97. The highest BCUT2D eigenvalue weighted by Gasteiger charge is 2.22. The first-order valence-electron chi connectivity index (χ1n) is 10.2. The van der Waals surface area contributed by atoms with Crippen molar-refractivity contribution in [1.82, 2.24) is 14.5 Å². The number of nitrogens with zero attached hydrogens (tertiary/aromatic N) is 3. The number of hydrogen-bond acceptors (Lipinski definition) is 5. The Kier molecular flexibility index (Phi) is 6.57. The van der Waals surface area contributed by atoms with Crippen LogP contribution in [0.15, 0.2) is 46.9 Å². The Morgan fingerprint density at radius 1 is 1.32 bits per heavy atom. The van der Waals surface area contributed by atoms with Crippen LogP contribution < -0.4 is 5.56 Å². The van der Waals surface area contributed by atoms with Crippen molar-refractivity contribution in [3.8, 4) is 0 Å². The monoisotopic (exact) mass is 457 g/mol. The number of carbonyl (C=O) groups excluding carboxylic acids is 1. The van der Waals surface area contributed by atoms with Crippen molar-refractivity contribution in [3.63, 3.8) is 0 Å². The number of rotatable bonds is 7. The fraction of sp³-hybridized carbons (Fsp3) is 0.348. The Morgan fingerprint density at radius 2 is 2.06 bits per heavy atom. The molecule has 31 heavy (non-hydrogen) atoms. The molecule has 0 N–H and O–H groups in total. The maximum absolute atomic E-state index is 13.3. The number of benzene rings is 1. The molecule has 2 aromatic heterocycles. The third kappa shape index (κ3) is 4.60. The largest absolute Gasteiger partial charge is 0.341 e. The van der Waals surface area contributed by atoms with Gasteiger partial charge < -0.3 is 4.90 Å². The number of fused-ring (bicyclic) bond motifs is 3. The standard InChI is InChI=1S/C23H24FN3O2S2/c1-3-12-27-22(29)20-17-6-4-5-7-18(17)31-21(20)25-23(27)30-14-19(28)26(2)13-15-8-10-16(24)11-9-15/h3,8-11H,1,4-7,12-14H2,2H3. The Bertz CT molecular complexity index is 1180. The number of halogens is 1. The summed E-state index contributed by atoms with van der Waals surface area (Å²) in [6.07, 6.45) is 5.87. The van der Waals surface area contributed by atoms with Gasteiger partial charge in [0.15, 0.2) is 5.16 Å². The average Bonchev–Trinajstić information content (AvgIpc) is 3.14. The van der Waals surface area contributed by atoms with Gasteiger partial charge in [-0.1, -0.05) is 30.0 Å². The normalized spacial score (nSPS) is 13.2. The number of allylic oxidation sites excluding steroid dienone is 1. The van der Waals surface area contributed by atoms with Gasteiger partial charge in [0.25, 0.3) is 5.56 Å². The lowest BCUT2D eigenvalue weighted by Gasteiger charge is -2.17. The topological polar surface area (TPSA) is 55.2 Å². The van der Waals surface area contributed by atoms with E-state index in [0.717, 1.165) is 47.0 Å². The minimum atomic E-state index is -0.301. The SMILES string of the molecule is C=CCn1c(SCC(=O)N(C)Cc2ccc(F)cc2)nc2sc3c(c2c1=O)CCCC3. The summed E-state index contributed by atoms with van der Waals surface area (Å²) in [4.78, 5) is 34.3. The van der Waals surface area contributed by atoms with E-state index >= 15 is 0 Å². The molecule has 0 fully saturated rings. The van der Waals surface area contributed by atoms with Gasteiger partial charge in [-0.25, -0.2) is 9.37 Å². The number of aryl methyl sites for hydroxylation is 2. The van der Waals surface area contributed by atoms with Gasteiger partial charge in [0, 0.05) is 25.0 Å². The first kappa shape index (κ1) is 21.8. The lowest BCUT2D eigenvalue weighted by Crippen LogP contribution is -2.29. The number of thioether (sulfide) groups is 1. The zero-order valence-corrected chi connectivity index (χ0v) is 19.0. The van der Waals surface area contributed by atoms with Gasteiger partial charge in [-0.2, -0.15) is 0 Å². The minimum absolute atomic E-state index is 0.0427. The number of amides is 1. The van der Waals surface area contributed by atoms with Crippen LogP contribution in [0.2, 0.25) is 0 Å². The molecule has 1 aliphatic carbocycles. The van der Waals surface area contributed by atoms with Crippen LogP contribution in [0, 0.1) is 5.82 Å². The molecule has 0 saturated carbocycles. The Labute approximate surface area is 188 Å². The van der Waals surface area contributed by atoms with E-state index in [0.29, 0.717) is 18.2 Å². The number of carbonyl (C=O) groups is 1. The summed E-state index contributed by atoms with van der Waals surface area (Å²) in [7, 11) is 1.72. The molecule has 5 nitrogen and oxygen atoms in total. The molecule has 2 heterocycles. The van der Waals surface area contributed by atoms with Crippen LogP contribution >= 0.6 is 23.1 Å². The summed E-state index contributed by atoms with van der Waals surface area (Å²) >= 11 is 2.88. The molecule has 0 radical (unpaired) electrons. The highest BCUT2D eigenvalue weighted by molar-refractivity contribution is 7.99. The summed E-state index contributed by atoms with van der Waals surface area (Å²) in [6, 6.07) is 6.11. The first-order valence-corrected chi connectivity index (χ1v) is 12.1. The van der Waals surface area contributed by atoms with Gasteiger partial charge in [0.1, 0.15) is 10.6 Å². The quantitative estimate of drug-likeness (QED) is 0.300. The molecule has 1 amide bonds. The van der Waals surface area contributed by atoms with E-state index in [-0.39, 0.29) is 23.0 Å². The minimum Gasteiger partial charge on any atom is -0.341 e. The van der Waals surface area contributed by atoms with Crippen LogP contribution in [0.25, 0.3) is 10.2 Å². The fourth-order valence-electron chi connectivity index (χ4n) is 3.81. The van der Waals surface area contributed by atoms with Gasteiger partial charge in [-0.05, 0) is 48.9 Å². The predicted octanol–water partition coefficient (Wildman–Crippen LogP) is 4.41. The van der Waals surface area contributed by atoms with Gasteiger partial charge in [-0.15, -0.1) is 17.9 Å². The lowest BCUT2D eigenvalue weighted by molar-refractivity contribution is -0.127. The van der Waals surface area contributed by atoms with Crippen molar-refractivity contribution in [2.75, 3.05) is 12.8 Å². The molecule has 0 aliphatic heterocycles. The predicted molar refractivity (Wildman–Crippen MR) is 124 cm³/mol. The zero-order chi connectivity index (χ0) is 22.0. The summed E-state index contributed by atoms with van der Waals surface area (Å²) in [5.74, 6) is -0.220. The highest BCUT2D eigenvalue weighted by Crippen LogP contribution is 2.34. The van der Waals surface area contributed by atoms with Crippen LogP contribution in [0.1, 0.15) is 28.8 Å². The van der Waals surface area contributed by atoms with Crippen molar-refractivity contribution in [1.29, 1.82) is 0 Å². The Balaban J connectivity index is 1.55. The maximum Gasteiger partial charge on any atom is 0.263 e. The molecule has 1 aromatic carbocycles. The molecule has 0 bridgehead atoms. The fourth-order valence-corrected chi connectivity index (χ4v) is 6.06. The third-order valence-electron chi connectivity index (χ3n) is 5.44. The summed E-state index contributed by atoms with van der Waals surface area (Å²) in [5, 5.41) is 1.28. The van der Waals surface area contributed by atoms with Crippen LogP contribution in [-0.2, 0) is 30.7 Å². The highest BCUT2D eigenvalue weighted by atomic mass is 32.2. The van der Waals surface area contributed by atoms with Crippen molar-refractivity contribution >= 4 is 39.2 Å². The van der Waals surface area contributed by atoms with E-state index < -0.39 is 0 Å². The van der Waals surface area contributed by atoms with Crippen molar-refractivity contribution in [2.45, 2.75) is 43.9 Å². The van der Waals surface area contributed by atoms with E-state index in [2.05, 4.69) is 6.58 Å². The second-order valence-corrected chi connectivity index (χ2v) is 9.68. The van der Waals surface area contributed by atoms with E-state index in [1.807, 2.05) is 0 Å². The van der Waals surface area contributed by atoms with Crippen molar-refractivity contribution in [2.24, 2.45) is 0 Å². The van der Waals surface area contributed by atoms with Gasteiger partial charge in [0.2, 0.25) is 5.91 Å². The molecule has 0 saturated heterocycles. The number of hydrogen-bond donors (Lipinski definition) is 0. The second-order valence-electron chi connectivity index (χ2n) is 7.65. The number of aromatic nitrogens is 2. The van der Waals surface area contributed by atoms with Crippen molar-refractivity contribution < 1.29 is 9.18 Å². The third-order valence-corrected chi connectivity index (χ3v) is 7.58. The van der Waals surface area contributed by atoms with Gasteiger partial charge >= 0.3 is 0 Å². The molecule has 8 heteroatoms. The molecular weight excluding hydrogens is 433 g/mol. The molecular formula is C23H24FN3O2S2. The molecule has 0 unspecified atom stereocenters. The van der Waals surface area contributed by atoms with Crippen LogP contribution in [0.4, 0.5) is 4.39 Å². The molecule has 0 spiro atoms. The number of thiophene rings is 1. The van der Waals surface area contributed by atoms with Crippen molar-refractivity contribution in [3.05, 3.63) is 69.1 Å². The molecule has 0 atom stereocenters. The zero-order valence-electron chi connectivity index (χ0n) is 17.4. The van der Waals surface area contributed by atoms with Gasteiger partial charge in [0.05, 0.1) is 11.1 Å². The van der Waals surface area contributed by atoms with E-state index in [9.17, 15) is 14.0 Å². The Hall–Kier alpha value is -2.45. The van der Waals surface area contributed by atoms with Gasteiger partial charge in [-0.3, -0.25) is 14.2 Å². The van der Waals surface area contributed by atoms with E-state index in [1.54, 1.807) is 46.1 Å². The summed E-state index contributed by atoms with van der Waals surface area (Å²) < 4.78 is 14.7. The van der Waals surface area contributed by atoms with E-state index in [1.165, 1.54) is 28.8 Å². The van der Waals surface area contributed by atoms with E-state index in [4.69, 9.17) is 4.98 Å². The Morgan fingerprint density at radius 3 is 2.81 bits per heavy atom. The average molecular weight is 458 g/mol. The molecule has 162 valence electrons. The first-order chi connectivity index (χ1) is 15.0. The maximum atomic E-state index is 13.3. The lowest BCUT2D eigenvalue weighted by atomic mass is 9.97. The van der Waals surface area contributed by atoms with Crippen LogP contribution in [0.3, 0.4) is 0 Å². The van der Waals surface area contributed by atoms with Crippen LogP contribution in [-0.4, -0.2) is 33.2 Å². The van der Waals surface area contributed by atoms with Crippen LogP contribution in [0.5, 0.6) is 0 Å². The smallest absolute Gasteiger partial charge is 0.263 e. The molecule has 4 rings (SSSR count).